The maximum absolute atomic E-state index is 10.8. The Kier molecular flexibility index (Phi) is 6.28. The van der Waals surface area contributed by atoms with E-state index in [1.165, 1.54) is 6.08 Å². The van der Waals surface area contributed by atoms with Crippen molar-refractivity contribution in [1.82, 2.24) is 0 Å². The molecule has 0 aromatic heterocycles. The summed E-state index contributed by atoms with van der Waals surface area (Å²) < 4.78 is 4.69. The van der Waals surface area contributed by atoms with E-state index in [0.29, 0.717) is 12.8 Å². The molecule has 0 aliphatic carbocycles. The van der Waals surface area contributed by atoms with Crippen molar-refractivity contribution in [1.29, 1.82) is 0 Å². The third-order valence-corrected chi connectivity index (χ3v) is 1.34. The van der Waals surface area contributed by atoms with Gasteiger partial charge in [-0.2, -0.15) is 0 Å². The van der Waals surface area contributed by atoms with Gasteiger partial charge in [-0.3, -0.25) is 4.79 Å². The molecule has 0 aromatic carbocycles. The number of rotatable bonds is 6. The topological polar surface area (TPSA) is 46.5 Å². The van der Waals surface area contributed by atoms with Gasteiger partial charge in [0.15, 0.2) is 5.05 Å². The van der Waals surface area contributed by atoms with Crippen molar-refractivity contribution >= 4 is 23.2 Å². The van der Waals surface area contributed by atoms with Crippen molar-refractivity contribution in [3.63, 3.8) is 0 Å². The molecule has 0 amide bonds. The Bertz CT molecular complexity index is 177. The minimum Gasteiger partial charge on any atom is -0.502 e. The van der Waals surface area contributed by atoms with Crippen LogP contribution < -0.4 is 0 Å². The van der Waals surface area contributed by atoms with Crippen LogP contribution in [0.5, 0.6) is 0 Å². The van der Waals surface area contributed by atoms with E-state index in [2.05, 4.69) is 18.8 Å². The molecule has 0 aliphatic rings. The molecule has 0 aromatic rings. The van der Waals surface area contributed by atoms with Gasteiger partial charge in [-0.05, 0) is 18.6 Å². The van der Waals surface area contributed by atoms with Gasteiger partial charge in [0, 0.05) is 12.8 Å². The van der Waals surface area contributed by atoms with E-state index >= 15 is 0 Å². The highest BCUT2D eigenvalue weighted by Gasteiger charge is 2.01. The smallest absolute Gasteiger partial charge is 0.306 e. The molecule has 12 heavy (non-hydrogen) atoms. The van der Waals surface area contributed by atoms with Gasteiger partial charge in [-0.15, -0.1) is 0 Å². The highest BCUT2D eigenvalue weighted by molar-refractivity contribution is 7.80. The molecule has 68 valence electrons. The van der Waals surface area contributed by atoms with Crippen LogP contribution in [0.15, 0.2) is 12.7 Å². The number of esters is 1. The Labute approximate surface area is 77.0 Å². The number of aliphatic hydroxyl groups excluding tert-OH is 1. The fourth-order valence-electron chi connectivity index (χ4n) is 0.608. The third-order valence-electron chi connectivity index (χ3n) is 1.13. The predicted octanol–water partition coefficient (Wildman–Crippen LogP) is 1.77. The van der Waals surface area contributed by atoms with Crippen molar-refractivity contribution in [2.24, 2.45) is 0 Å². The molecule has 0 bridgehead atoms. The Morgan fingerprint density at radius 1 is 1.58 bits per heavy atom. The first-order valence-corrected chi connectivity index (χ1v) is 4.06. The minimum absolute atomic E-state index is 0.0634. The monoisotopic (exact) mass is 188 g/mol. The van der Waals surface area contributed by atoms with E-state index in [-0.39, 0.29) is 24.0 Å². The first-order chi connectivity index (χ1) is 5.66. The summed E-state index contributed by atoms with van der Waals surface area (Å²) >= 11 is 4.42. The summed E-state index contributed by atoms with van der Waals surface area (Å²) in [4.78, 5) is 10.8. The van der Waals surface area contributed by atoms with Crippen LogP contribution in [0, 0.1) is 0 Å². The summed E-state index contributed by atoms with van der Waals surface area (Å²) in [7, 11) is 0. The summed E-state index contributed by atoms with van der Waals surface area (Å²) in [6.07, 6.45) is 2.70. The van der Waals surface area contributed by atoms with Gasteiger partial charge >= 0.3 is 5.97 Å². The summed E-state index contributed by atoms with van der Waals surface area (Å²) in [5.41, 5.74) is 0. The number of hydrogen-bond acceptors (Lipinski definition) is 3. The van der Waals surface area contributed by atoms with E-state index in [4.69, 9.17) is 9.84 Å². The highest BCUT2D eigenvalue weighted by Crippen LogP contribution is 1.98. The van der Waals surface area contributed by atoms with E-state index in [0.717, 1.165) is 0 Å². The second-order valence-corrected chi connectivity index (χ2v) is 2.69. The molecule has 0 rings (SSSR count). The number of thiocarbonyl (C=S) groups is 1. The van der Waals surface area contributed by atoms with Crippen molar-refractivity contribution in [2.75, 3.05) is 6.61 Å². The zero-order valence-electron chi connectivity index (χ0n) is 6.78. The summed E-state index contributed by atoms with van der Waals surface area (Å²) in [6, 6.07) is 0. The molecule has 0 saturated heterocycles. The lowest BCUT2D eigenvalue weighted by atomic mass is 10.2. The maximum atomic E-state index is 10.8. The van der Waals surface area contributed by atoms with Gasteiger partial charge in [0.1, 0.15) is 6.61 Å². The molecule has 0 heterocycles. The Morgan fingerprint density at radius 3 is 2.75 bits per heavy atom. The van der Waals surface area contributed by atoms with E-state index in [1.54, 1.807) is 0 Å². The van der Waals surface area contributed by atoms with Crippen LogP contribution in [-0.2, 0) is 9.53 Å². The maximum Gasteiger partial charge on any atom is 0.306 e. The molecule has 3 nitrogen and oxygen atoms in total. The standard InChI is InChI=1S/C8H12O3S/c1-2-6-11-7(9)4-3-5-8(10)12/h2H,1,3-6H2,(H,10,12). The molecule has 0 saturated carbocycles. The second-order valence-electron chi connectivity index (χ2n) is 2.22. The number of hydrogen-bond donors (Lipinski definition) is 1. The zero-order chi connectivity index (χ0) is 9.40. The molecular weight excluding hydrogens is 176 g/mol. The molecule has 0 atom stereocenters. The van der Waals surface area contributed by atoms with Gasteiger partial charge in [0.2, 0.25) is 0 Å². The van der Waals surface area contributed by atoms with E-state index in [1.807, 2.05) is 0 Å². The lowest BCUT2D eigenvalue weighted by Gasteiger charge is -1.99. The average Bonchev–Trinajstić information content (AvgIpc) is 2.00. The van der Waals surface area contributed by atoms with Crippen molar-refractivity contribution in [2.45, 2.75) is 19.3 Å². The Hall–Kier alpha value is -0.900. The fourth-order valence-corrected chi connectivity index (χ4v) is 0.752. The van der Waals surface area contributed by atoms with Crippen molar-refractivity contribution in [3.05, 3.63) is 12.7 Å². The number of carbonyl (C=O) groups is 1. The quantitative estimate of drug-likeness (QED) is 0.392. The van der Waals surface area contributed by atoms with Gasteiger partial charge in [-0.25, -0.2) is 0 Å². The number of carbonyl (C=O) groups excluding carboxylic acids is 1. The molecule has 1 N–H and O–H groups in total. The van der Waals surface area contributed by atoms with Crippen LogP contribution in [0.4, 0.5) is 0 Å². The van der Waals surface area contributed by atoms with Crippen LogP contribution in [0.2, 0.25) is 0 Å². The Balaban J connectivity index is 3.31. The number of ether oxygens (including phenoxy) is 1. The van der Waals surface area contributed by atoms with Gasteiger partial charge in [0.25, 0.3) is 0 Å². The normalized spacial score (nSPS) is 9.00. The van der Waals surface area contributed by atoms with Gasteiger partial charge < -0.3 is 9.84 Å². The average molecular weight is 188 g/mol. The highest BCUT2D eigenvalue weighted by atomic mass is 32.1. The Morgan fingerprint density at radius 2 is 2.25 bits per heavy atom. The lowest BCUT2D eigenvalue weighted by molar-refractivity contribution is -0.142. The SMILES string of the molecule is C=CCOC(=O)CCCC(O)=S. The van der Waals surface area contributed by atoms with Crippen LogP contribution >= 0.6 is 12.2 Å². The van der Waals surface area contributed by atoms with Crippen LogP contribution in [-0.4, -0.2) is 22.7 Å². The van der Waals surface area contributed by atoms with Gasteiger partial charge in [0.05, 0.1) is 0 Å². The number of aliphatic hydroxyl groups is 1. The van der Waals surface area contributed by atoms with Crippen LogP contribution in [0.3, 0.4) is 0 Å². The largest absolute Gasteiger partial charge is 0.502 e. The molecule has 0 aliphatic heterocycles. The van der Waals surface area contributed by atoms with E-state index in [9.17, 15) is 4.79 Å². The first-order valence-electron chi connectivity index (χ1n) is 3.65. The summed E-state index contributed by atoms with van der Waals surface area (Å²) in [5.74, 6) is -0.286. The van der Waals surface area contributed by atoms with Crippen molar-refractivity contribution < 1.29 is 14.6 Å². The van der Waals surface area contributed by atoms with Crippen molar-refractivity contribution in [3.8, 4) is 0 Å². The van der Waals surface area contributed by atoms with Crippen LogP contribution in [0.25, 0.3) is 0 Å². The lowest BCUT2D eigenvalue weighted by Crippen LogP contribution is -2.04. The summed E-state index contributed by atoms with van der Waals surface area (Å²) in [6.45, 7) is 3.64. The molecule has 0 unspecified atom stereocenters. The third kappa shape index (κ3) is 7.21. The first kappa shape index (κ1) is 11.1. The molecule has 0 radical (unpaired) electrons. The molecule has 0 fully saturated rings. The van der Waals surface area contributed by atoms with E-state index < -0.39 is 0 Å². The minimum atomic E-state index is -0.286. The summed E-state index contributed by atoms with van der Waals surface area (Å²) in [5, 5.41) is 8.54. The zero-order valence-corrected chi connectivity index (χ0v) is 7.60. The molecule has 0 spiro atoms. The molecule has 4 heteroatoms. The predicted molar refractivity (Wildman–Crippen MR) is 50.2 cm³/mol. The van der Waals surface area contributed by atoms with Gasteiger partial charge in [-0.1, -0.05) is 12.7 Å². The second kappa shape index (κ2) is 6.79. The molecular formula is C8H12O3S. The van der Waals surface area contributed by atoms with Crippen LogP contribution in [0.1, 0.15) is 19.3 Å². The fraction of sp³-hybridized carbons (Fsp3) is 0.500.